The maximum atomic E-state index is 11.3. The maximum Gasteiger partial charge on any atom is 0.220 e. The third kappa shape index (κ3) is 2.32. The second-order valence-electron chi connectivity index (χ2n) is 5.65. The van der Waals surface area contributed by atoms with Crippen LogP contribution in [0.25, 0.3) is 16.6 Å². The van der Waals surface area contributed by atoms with Crippen LogP contribution in [0, 0.1) is 0 Å². The molecule has 1 aromatic carbocycles. The number of hydrogen-bond acceptors (Lipinski definition) is 4. The molecule has 1 saturated heterocycles. The fourth-order valence-electron chi connectivity index (χ4n) is 3.04. The highest BCUT2D eigenvalue weighted by Crippen LogP contribution is 2.28. The van der Waals surface area contributed by atoms with E-state index >= 15 is 0 Å². The summed E-state index contributed by atoms with van der Waals surface area (Å²) < 4.78 is 7.81. The highest BCUT2D eigenvalue weighted by atomic mass is 16.5. The molecule has 6 nitrogen and oxygen atoms in total. The number of aromatic nitrogens is 2. The second kappa shape index (κ2) is 5.39. The van der Waals surface area contributed by atoms with Crippen molar-refractivity contribution >= 4 is 28.7 Å². The highest BCUT2D eigenvalue weighted by molar-refractivity contribution is 5.95. The van der Waals surface area contributed by atoms with Crippen LogP contribution in [-0.4, -0.2) is 34.2 Å². The lowest BCUT2D eigenvalue weighted by atomic mass is 10.1. The number of benzene rings is 1. The Hall–Kier alpha value is -2.89. The molecule has 0 aliphatic carbocycles. The summed E-state index contributed by atoms with van der Waals surface area (Å²) in [7, 11) is 0. The number of rotatable bonds is 4. The standard InChI is InChI=1S/C17H15N3O3/c21-9-12-8-11-2-1-3-14(16(11)20-7-6-18-17(12)20)23-10-13-4-5-15(22)19-13/h1-3,6-9,13H,4-5,10H2,(H,19,22). The monoisotopic (exact) mass is 309 g/mol. The number of carbonyl (C=O) groups excluding carboxylic acids is 2. The number of hydrogen-bond donors (Lipinski definition) is 1. The van der Waals surface area contributed by atoms with Gasteiger partial charge in [0.2, 0.25) is 5.91 Å². The lowest BCUT2D eigenvalue weighted by Gasteiger charge is -2.15. The first-order valence-electron chi connectivity index (χ1n) is 7.52. The minimum absolute atomic E-state index is 0.0466. The van der Waals surface area contributed by atoms with E-state index in [1.807, 2.05) is 34.9 Å². The molecule has 4 rings (SSSR count). The number of nitrogens with zero attached hydrogens (tertiary/aromatic N) is 2. The molecule has 0 bridgehead atoms. The van der Waals surface area contributed by atoms with Gasteiger partial charge in [-0.2, -0.15) is 0 Å². The predicted octanol–water partition coefficient (Wildman–Crippen LogP) is 1.96. The Morgan fingerprint density at radius 3 is 3.13 bits per heavy atom. The largest absolute Gasteiger partial charge is 0.489 e. The van der Waals surface area contributed by atoms with Gasteiger partial charge in [0.15, 0.2) is 6.29 Å². The number of fused-ring (bicyclic) bond motifs is 3. The third-order valence-electron chi connectivity index (χ3n) is 4.13. The van der Waals surface area contributed by atoms with Crippen LogP contribution in [0.2, 0.25) is 0 Å². The van der Waals surface area contributed by atoms with Crippen molar-refractivity contribution in [2.24, 2.45) is 0 Å². The molecule has 0 radical (unpaired) electrons. The molecular formula is C17H15N3O3. The van der Waals surface area contributed by atoms with Gasteiger partial charge in [0.05, 0.1) is 17.1 Å². The van der Waals surface area contributed by atoms with Crippen molar-refractivity contribution in [2.45, 2.75) is 18.9 Å². The SMILES string of the molecule is O=Cc1cc2cccc(OCC3CCC(=O)N3)c2n2ccnc12. The molecule has 1 atom stereocenters. The van der Waals surface area contributed by atoms with E-state index in [1.54, 1.807) is 6.20 Å². The average Bonchev–Trinajstić information content (AvgIpc) is 3.20. The maximum absolute atomic E-state index is 11.3. The molecule has 1 aliphatic rings. The number of carbonyl (C=O) groups is 2. The number of pyridine rings is 1. The fourth-order valence-corrected chi connectivity index (χ4v) is 3.04. The molecule has 1 N–H and O–H groups in total. The van der Waals surface area contributed by atoms with Gasteiger partial charge in [-0.1, -0.05) is 12.1 Å². The summed E-state index contributed by atoms with van der Waals surface area (Å²) >= 11 is 0. The zero-order valence-electron chi connectivity index (χ0n) is 12.4. The van der Waals surface area contributed by atoms with Crippen molar-refractivity contribution in [3.05, 3.63) is 42.2 Å². The van der Waals surface area contributed by atoms with Crippen LogP contribution in [0.5, 0.6) is 5.75 Å². The van der Waals surface area contributed by atoms with Crippen LogP contribution < -0.4 is 10.1 Å². The second-order valence-corrected chi connectivity index (χ2v) is 5.65. The molecule has 2 aromatic heterocycles. The summed E-state index contributed by atoms with van der Waals surface area (Å²) in [4.78, 5) is 26.8. The summed E-state index contributed by atoms with van der Waals surface area (Å²) in [5.74, 6) is 0.785. The van der Waals surface area contributed by atoms with E-state index in [0.717, 1.165) is 23.6 Å². The fraction of sp³-hybridized carbons (Fsp3) is 0.235. The number of ether oxygens (including phenoxy) is 1. The highest BCUT2D eigenvalue weighted by Gasteiger charge is 2.21. The van der Waals surface area contributed by atoms with Crippen molar-refractivity contribution in [3.63, 3.8) is 0 Å². The van der Waals surface area contributed by atoms with Gasteiger partial charge in [0, 0.05) is 24.2 Å². The van der Waals surface area contributed by atoms with Gasteiger partial charge in [-0.05, 0) is 18.6 Å². The molecule has 23 heavy (non-hydrogen) atoms. The molecule has 1 aliphatic heterocycles. The van der Waals surface area contributed by atoms with E-state index in [1.165, 1.54) is 0 Å². The van der Waals surface area contributed by atoms with Crippen LogP contribution in [0.15, 0.2) is 36.7 Å². The summed E-state index contributed by atoms with van der Waals surface area (Å²) in [6.07, 6.45) is 5.63. The normalized spacial score (nSPS) is 17.6. The molecular weight excluding hydrogens is 294 g/mol. The first kappa shape index (κ1) is 13.8. The first-order valence-corrected chi connectivity index (χ1v) is 7.52. The molecule has 3 aromatic rings. The van der Waals surface area contributed by atoms with Crippen LogP contribution in [0.4, 0.5) is 0 Å². The van der Waals surface area contributed by atoms with Gasteiger partial charge in [-0.15, -0.1) is 0 Å². The van der Waals surface area contributed by atoms with Crippen molar-refractivity contribution in [1.29, 1.82) is 0 Å². The summed E-state index contributed by atoms with van der Waals surface area (Å²) in [5, 5.41) is 3.80. The Bertz CT molecular complexity index is 916. The molecule has 0 spiro atoms. The summed E-state index contributed by atoms with van der Waals surface area (Å²) in [6, 6.07) is 7.58. The molecule has 1 fully saturated rings. The Kier molecular flexibility index (Phi) is 3.22. The van der Waals surface area contributed by atoms with Gasteiger partial charge < -0.3 is 10.1 Å². The number of para-hydroxylation sites is 1. The van der Waals surface area contributed by atoms with E-state index in [-0.39, 0.29) is 11.9 Å². The van der Waals surface area contributed by atoms with Crippen molar-refractivity contribution in [1.82, 2.24) is 14.7 Å². The molecule has 116 valence electrons. The van der Waals surface area contributed by atoms with Gasteiger partial charge in [-0.25, -0.2) is 4.98 Å². The van der Waals surface area contributed by atoms with Gasteiger partial charge in [0.25, 0.3) is 0 Å². The lowest BCUT2D eigenvalue weighted by molar-refractivity contribution is -0.119. The predicted molar refractivity (Wildman–Crippen MR) is 84.7 cm³/mol. The van der Waals surface area contributed by atoms with Crippen LogP contribution in [-0.2, 0) is 4.79 Å². The topological polar surface area (TPSA) is 72.7 Å². The van der Waals surface area contributed by atoms with Gasteiger partial charge in [-0.3, -0.25) is 14.0 Å². The Balaban J connectivity index is 1.76. The zero-order valence-corrected chi connectivity index (χ0v) is 12.4. The molecule has 3 heterocycles. The summed E-state index contributed by atoms with van der Waals surface area (Å²) in [6.45, 7) is 0.427. The number of amides is 1. The van der Waals surface area contributed by atoms with Crippen LogP contribution >= 0.6 is 0 Å². The Morgan fingerprint density at radius 2 is 2.35 bits per heavy atom. The molecule has 1 unspecified atom stereocenters. The van der Waals surface area contributed by atoms with E-state index in [2.05, 4.69) is 10.3 Å². The Labute approximate surface area is 132 Å². The van der Waals surface area contributed by atoms with Gasteiger partial charge in [0.1, 0.15) is 18.0 Å². The Morgan fingerprint density at radius 1 is 1.43 bits per heavy atom. The average molecular weight is 309 g/mol. The zero-order chi connectivity index (χ0) is 15.8. The van der Waals surface area contributed by atoms with Crippen molar-refractivity contribution in [3.8, 4) is 5.75 Å². The van der Waals surface area contributed by atoms with Gasteiger partial charge >= 0.3 is 0 Å². The van der Waals surface area contributed by atoms with E-state index in [4.69, 9.17) is 4.74 Å². The minimum atomic E-state index is 0.0466. The lowest BCUT2D eigenvalue weighted by Crippen LogP contribution is -2.30. The number of imidazole rings is 1. The van der Waals surface area contributed by atoms with E-state index < -0.39 is 0 Å². The molecule has 0 saturated carbocycles. The minimum Gasteiger partial charge on any atom is -0.489 e. The van der Waals surface area contributed by atoms with Crippen molar-refractivity contribution < 1.29 is 14.3 Å². The van der Waals surface area contributed by atoms with Crippen LogP contribution in [0.1, 0.15) is 23.2 Å². The van der Waals surface area contributed by atoms with E-state index in [0.29, 0.717) is 30.0 Å². The smallest absolute Gasteiger partial charge is 0.220 e. The first-order chi connectivity index (χ1) is 11.3. The van der Waals surface area contributed by atoms with Crippen molar-refractivity contribution in [2.75, 3.05) is 6.61 Å². The molecule has 6 heteroatoms. The molecule has 1 amide bonds. The van der Waals surface area contributed by atoms with Crippen LogP contribution in [0.3, 0.4) is 0 Å². The van der Waals surface area contributed by atoms with E-state index in [9.17, 15) is 9.59 Å². The quantitative estimate of drug-likeness (QED) is 0.748. The number of nitrogens with one attached hydrogen (secondary N) is 1. The number of aldehydes is 1. The summed E-state index contributed by atoms with van der Waals surface area (Å²) in [5.41, 5.74) is 2.02. The third-order valence-corrected chi connectivity index (χ3v) is 4.13.